The van der Waals surface area contributed by atoms with Gasteiger partial charge in [0.25, 0.3) is 0 Å². The lowest BCUT2D eigenvalue weighted by Crippen LogP contribution is -2.49. The van der Waals surface area contributed by atoms with Gasteiger partial charge >= 0.3 is 0 Å². The highest BCUT2D eigenvalue weighted by Crippen LogP contribution is 2.29. The summed E-state index contributed by atoms with van der Waals surface area (Å²) in [7, 11) is -0.878. The summed E-state index contributed by atoms with van der Waals surface area (Å²) in [6, 6.07) is 3.52. The zero-order valence-electron chi connectivity index (χ0n) is 12.2. The number of likely N-dealkylation sites (N-methyl/N-ethyl adjacent to an activating group) is 1. The Morgan fingerprint density at radius 3 is 2.05 bits per heavy atom. The van der Waals surface area contributed by atoms with E-state index in [-0.39, 0.29) is 26.8 Å². The lowest BCUT2D eigenvalue weighted by molar-refractivity contribution is -0.131. The Balaban J connectivity index is 3.22. The van der Waals surface area contributed by atoms with Gasteiger partial charge < -0.3 is 4.90 Å². The Hall–Kier alpha value is -0.820. The van der Waals surface area contributed by atoms with Crippen LogP contribution in [0.25, 0.3) is 0 Å². The number of halogens is 2. The molecule has 1 amide bonds. The van der Waals surface area contributed by atoms with E-state index < -0.39 is 16.1 Å². The van der Waals surface area contributed by atoms with Crippen molar-refractivity contribution in [1.29, 1.82) is 0 Å². The second kappa shape index (κ2) is 6.96. The van der Waals surface area contributed by atoms with Crippen LogP contribution in [0, 0.1) is 5.92 Å². The molecule has 0 saturated heterocycles. The van der Waals surface area contributed by atoms with Gasteiger partial charge in [-0.25, -0.2) is 8.42 Å². The first-order valence-electron chi connectivity index (χ1n) is 6.25. The number of hydrogen-bond donors (Lipinski definition) is 1. The molecule has 1 rings (SSSR count). The molecular weight excluding hydrogens is 335 g/mol. The first-order chi connectivity index (χ1) is 9.58. The van der Waals surface area contributed by atoms with E-state index in [1.165, 1.54) is 17.0 Å². The molecule has 0 bridgehead atoms. The fourth-order valence-electron chi connectivity index (χ4n) is 1.72. The molecule has 0 aliphatic carbocycles. The maximum absolute atomic E-state index is 12.5. The molecule has 8 heteroatoms. The molecule has 0 heterocycles. The van der Waals surface area contributed by atoms with Crippen LogP contribution in [0.1, 0.15) is 13.8 Å². The summed E-state index contributed by atoms with van der Waals surface area (Å²) in [4.78, 5) is 13.2. The van der Waals surface area contributed by atoms with Crippen LogP contribution in [0.3, 0.4) is 0 Å². The standard InChI is InChI=1S/C13H18Cl2N2O3S/c1-8(2)11(13(18)17(3)4)16-21(19,20)12-9(14)6-5-7-10(12)15/h5-8,11,16H,1-4H3/t11-/m1/s1. The van der Waals surface area contributed by atoms with Crippen LogP contribution in [0.4, 0.5) is 0 Å². The zero-order chi connectivity index (χ0) is 16.4. The van der Waals surface area contributed by atoms with Crippen LogP contribution >= 0.6 is 23.2 Å². The number of sulfonamides is 1. The molecule has 0 unspecified atom stereocenters. The number of hydrogen-bond acceptors (Lipinski definition) is 3. The Kier molecular flexibility index (Phi) is 6.04. The SMILES string of the molecule is CC(C)[C@@H](NS(=O)(=O)c1c(Cl)cccc1Cl)C(=O)N(C)C. The summed E-state index contributed by atoms with van der Waals surface area (Å²) in [5.74, 6) is -0.562. The maximum atomic E-state index is 12.5. The third kappa shape index (κ3) is 4.32. The highest BCUT2D eigenvalue weighted by atomic mass is 35.5. The Morgan fingerprint density at radius 1 is 1.19 bits per heavy atom. The molecule has 5 nitrogen and oxygen atoms in total. The smallest absolute Gasteiger partial charge is 0.244 e. The fourth-order valence-corrected chi connectivity index (χ4v) is 4.20. The monoisotopic (exact) mass is 352 g/mol. The van der Waals surface area contributed by atoms with E-state index in [0.717, 1.165) is 0 Å². The van der Waals surface area contributed by atoms with Crippen LogP contribution in [0.2, 0.25) is 10.0 Å². The minimum absolute atomic E-state index is 0.00908. The summed E-state index contributed by atoms with van der Waals surface area (Å²) in [5, 5.41) is 0.0182. The van der Waals surface area contributed by atoms with E-state index in [4.69, 9.17) is 23.2 Å². The third-order valence-corrected chi connectivity index (χ3v) is 5.24. The molecule has 0 spiro atoms. The Morgan fingerprint density at radius 2 is 1.67 bits per heavy atom. The van der Waals surface area contributed by atoms with Crippen molar-refractivity contribution in [3.63, 3.8) is 0 Å². The topological polar surface area (TPSA) is 66.5 Å². The maximum Gasteiger partial charge on any atom is 0.244 e. The summed E-state index contributed by atoms with van der Waals surface area (Å²) in [6.45, 7) is 3.51. The lowest BCUT2D eigenvalue weighted by Gasteiger charge is -2.24. The minimum Gasteiger partial charge on any atom is -0.347 e. The van der Waals surface area contributed by atoms with Gasteiger partial charge in [0.15, 0.2) is 0 Å². The van der Waals surface area contributed by atoms with Gasteiger partial charge in [0.2, 0.25) is 15.9 Å². The van der Waals surface area contributed by atoms with Crippen LogP contribution in [0.5, 0.6) is 0 Å². The van der Waals surface area contributed by atoms with Crippen LogP contribution < -0.4 is 4.72 Å². The number of carbonyl (C=O) groups excluding carboxylic acids is 1. The Labute approximate surface area is 135 Å². The average molecular weight is 353 g/mol. The molecule has 21 heavy (non-hydrogen) atoms. The lowest BCUT2D eigenvalue weighted by atomic mass is 10.0. The molecule has 0 aliphatic rings. The quantitative estimate of drug-likeness (QED) is 0.884. The largest absolute Gasteiger partial charge is 0.347 e. The average Bonchev–Trinajstić information content (AvgIpc) is 2.34. The molecule has 0 aliphatic heterocycles. The van der Waals surface area contributed by atoms with Crippen molar-refractivity contribution >= 4 is 39.1 Å². The second-order valence-corrected chi connectivity index (χ2v) is 7.59. The first kappa shape index (κ1) is 18.2. The molecule has 1 aromatic rings. The highest BCUT2D eigenvalue weighted by molar-refractivity contribution is 7.89. The molecule has 1 atom stereocenters. The van der Waals surface area contributed by atoms with Crippen molar-refractivity contribution in [2.45, 2.75) is 24.8 Å². The van der Waals surface area contributed by atoms with Crippen molar-refractivity contribution in [2.75, 3.05) is 14.1 Å². The normalized spacial score (nSPS) is 13.3. The zero-order valence-corrected chi connectivity index (χ0v) is 14.6. The van der Waals surface area contributed by atoms with Gasteiger partial charge in [-0.3, -0.25) is 4.79 Å². The van der Waals surface area contributed by atoms with E-state index in [1.807, 2.05) is 0 Å². The first-order valence-corrected chi connectivity index (χ1v) is 8.49. The van der Waals surface area contributed by atoms with E-state index in [9.17, 15) is 13.2 Å². The predicted molar refractivity (Wildman–Crippen MR) is 84.1 cm³/mol. The van der Waals surface area contributed by atoms with E-state index in [2.05, 4.69) is 4.72 Å². The molecule has 118 valence electrons. The van der Waals surface area contributed by atoms with Crippen molar-refractivity contribution in [2.24, 2.45) is 5.92 Å². The summed E-state index contributed by atoms with van der Waals surface area (Å²) < 4.78 is 27.3. The van der Waals surface area contributed by atoms with Gasteiger partial charge in [-0.15, -0.1) is 0 Å². The van der Waals surface area contributed by atoms with Crippen LogP contribution in [-0.2, 0) is 14.8 Å². The van der Waals surface area contributed by atoms with Gasteiger partial charge in [-0.2, -0.15) is 4.72 Å². The Bertz CT molecular complexity index is 610. The van der Waals surface area contributed by atoms with Crippen molar-refractivity contribution in [1.82, 2.24) is 9.62 Å². The predicted octanol–water partition coefficient (Wildman–Crippen LogP) is 2.38. The van der Waals surface area contributed by atoms with E-state index in [1.54, 1.807) is 34.0 Å². The van der Waals surface area contributed by atoms with E-state index >= 15 is 0 Å². The number of benzene rings is 1. The van der Waals surface area contributed by atoms with Gasteiger partial charge in [-0.05, 0) is 18.1 Å². The van der Waals surface area contributed by atoms with Crippen molar-refractivity contribution in [3.05, 3.63) is 28.2 Å². The number of nitrogens with zero attached hydrogens (tertiary/aromatic N) is 1. The third-order valence-electron chi connectivity index (χ3n) is 2.84. The van der Waals surface area contributed by atoms with Crippen molar-refractivity contribution in [3.8, 4) is 0 Å². The summed E-state index contributed by atoms with van der Waals surface area (Å²) >= 11 is 11.8. The number of rotatable bonds is 5. The van der Waals surface area contributed by atoms with Gasteiger partial charge in [-0.1, -0.05) is 43.1 Å². The molecule has 1 aromatic carbocycles. The van der Waals surface area contributed by atoms with Gasteiger partial charge in [0, 0.05) is 14.1 Å². The fraction of sp³-hybridized carbons (Fsp3) is 0.462. The molecule has 0 radical (unpaired) electrons. The van der Waals surface area contributed by atoms with Crippen LogP contribution in [0.15, 0.2) is 23.1 Å². The van der Waals surface area contributed by atoms with Gasteiger partial charge in [0.1, 0.15) is 10.9 Å². The second-order valence-electron chi connectivity index (χ2n) is 5.13. The molecule has 0 aromatic heterocycles. The summed E-state index contributed by atoms with van der Waals surface area (Å²) in [6.07, 6.45) is 0. The molecular formula is C13H18Cl2N2O3S. The summed E-state index contributed by atoms with van der Waals surface area (Å²) in [5.41, 5.74) is 0. The van der Waals surface area contributed by atoms with Crippen LogP contribution in [-0.4, -0.2) is 39.4 Å². The molecule has 0 fully saturated rings. The highest BCUT2D eigenvalue weighted by Gasteiger charge is 2.31. The van der Waals surface area contributed by atoms with E-state index in [0.29, 0.717) is 0 Å². The minimum atomic E-state index is -4.01. The van der Waals surface area contributed by atoms with Crippen molar-refractivity contribution < 1.29 is 13.2 Å². The number of carbonyl (C=O) groups is 1. The molecule has 1 N–H and O–H groups in total. The number of amides is 1. The number of nitrogens with one attached hydrogen (secondary N) is 1. The molecule has 0 saturated carbocycles. The van der Waals surface area contributed by atoms with Gasteiger partial charge in [0.05, 0.1) is 10.0 Å².